The summed E-state index contributed by atoms with van der Waals surface area (Å²) in [6, 6.07) is -0.591. The van der Waals surface area contributed by atoms with Crippen LogP contribution in [-0.2, 0) is 9.59 Å². The maximum Gasteiger partial charge on any atom is 0.321 e. The topological polar surface area (TPSA) is 57.6 Å². The van der Waals surface area contributed by atoms with Gasteiger partial charge in [-0.1, -0.05) is 41.5 Å². The van der Waals surface area contributed by atoms with E-state index in [2.05, 4.69) is 0 Å². The predicted octanol–water partition coefficient (Wildman–Crippen LogP) is 2.67. The SMILES string of the molecule is CC.CN(C)C(C(=O)O)C(C)(C)CC(C)(C)C=O. The summed E-state index contributed by atoms with van der Waals surface area (Å²) in [5.41, 5.74) is -0.951. The van der Waals surface area contributed by atoms with Gasteiger partial charge in [-0.3, -0.25) is 9.69 Å². The first kappa shape index (κ1) is 19.4. The fourth-order valence-electron chi connectivity index (χ4n) is 2.57. The fraction of sp³-hybridized carbons (Fsp3) is 0.857. The third-order valence-electron chi connectivity index (χ3n) is 2.72. The molecule has 0 aliphatic carbocycles. The van der Waals surface area contributed by atoms with E-state index in [1.807, 2.05) is 41.5 Å². The molecular weight excluding hydrogens is 230 g/mol. The van der Waals surface area contributed by atoms with Gasteiger partial charge in [0.1, 0.15) is 12.3 Å². The molecule has 4 heteroatoms. The highest BCUT2D eigenvalue weighted by molar-refractivity contribution is 5.74. The molecule has 0 amide bonds. The van der Waals surface area contributed by atoms with Gasteiger partial charge in [-0.15, -0.1) is 0 Å². The van der Waals surface area contributed by atoms with Crippen LogP contribution in [0, 0.1) is 10.8 Å². The number of rotatable bonds is 6. The van der Waals surface area contributed by atoms with Gasteiger partial charge in [0.2, 0.25) is 0 Å². The first-order valence-electron chi connectivity index (χ1n) is 6.39. The fourth-order valence-corrected chi connectivity index (χ4v) is 2.57. The Labute approximate surface area is 111 Å². The number of hydrogen-bond acceptors (Lipinski definition) is 3. The molecule has 0 aliphatic rings. The van der Waals surface area contributed by atoms with Crippen molar-refractivity contribution in [3.8, 4) is 0 Å². The summed E-state index contributed by atoms with van der Waals surface area (Å²) in [5.74, 6) is -0.850. The van der Waals surface area contributed by atoms with Crippen LogP contribution in [-0.4, -0.2) is 42.4 Å². The molecule has 0 aliphatic heterocycles. The largest absolute Gasteiger partial charge is 0.480 e. The molecule has 1 unspecified atom stereocenters. The maximum absolute atomic E-state index is 11.2. The zero-order chi connectivity index (χ0) is 15.1. The summed E-state index contributed by atoms with van der Waals surface area (Å²) >= 11 is 0. The van der Waals surface area contributed by atoms with Crippen molar-refractivity contribution in [1.29, 1.82) is 0 Å². The van der Waals surface area contributed by atoms with Gasteiger partial charge in [-0.2, -0.15) is 0 Å². The number of carboxylic acids is 1. The van der Waals surface area contributed by atoms with E-state index in [1.165, 1.54) is 0 Å². The van der Waals surface area contributed by atoms with Crippen LogP contribution in [0.25, 0.3) is 0 Å². The van der Waals surface area contributed by atoms with Crippen molar-refractivity contribution in [2.45, 2.75) is 54.0 Å². The minimum absolute atomic E-state index is 0.459. The molecule has 0 bridgehead atoms. The Kier molecular flexibility index (Phi) is 8.12. The van der Waals surface area contributed by atoms with E-state index in [0.29, 0.717) is 6.42 Å². The third kappa shape index (κ3) is 6.15. The Balaban J connectivity index is 0. The van der Waals surface area contributed by atoms with Gasteiger partial charge >= 0.3 is 5.97 Å². The lowest BCUT2D eigenvalue weighted by atomic mass is 9.71. The highest BCUT2D eigenvalue weighted by atomic mass is 16.4. The summed E-state index contributed by atoms with van der Waals surface area (Å²) < 4.78 is 0. The average Bonchev–Trinajstić information content (AvgIpc) is 2.17. The summed E-state index contributed by atoms with van der Waals surface area (Å²) in [5, 5.41) is 9.22. The van der Waals surface area contributed by atoms with Crippen molar-refractivity contribution in [3.05, 3.63) is 0 Å². The Morgan fingerprint density at radius 3 is 1.83 bits per heavy atom. The molecule has 4 nitrogen and oxygen atoms in total. The lowest BCUT2D eigenvalue weighted by Gasteiger charge is -2.39. The average molecular weight is 259 g/mol. The minimum atomic E-state index is -0.850. The Hall–Kier alpha value is -0.900. The van der Waals surface area contributed by atoms with Gasteiger partial charge in [0.25, 0.3) is 0 Å². The van der Waals surface area contributed by atoms with Gasteiger partial charge in [0.15, 0.2) is 0 Å². The van der Waals surface area contributed by atoms with E-state index in [9.17, 15) is 14.7 Å². The molecule has 0 radical (unpaired) electrons. The van der Waals surface area contributed by atoms with Crippen LogP contribution < -0.4 is 0 Å². The molecule has 18 heavy (non-hydrogen) atoms. The van der Waals surface area contributed by atoms with E-state index in [4.69, 9.17) is 0 Å². The second kappa shape index (κ2) is 7.52. The normalized spacial score (nSPS) is 13.6. The Bertz CT molecular complexity index is 270. The molecule has 0 heterocycles. The van der Waals surface area contributed by atoms with Gasteiger partial charge in [0.05, 0.1) is 0 Å². The number of carboxylic acid groups (broad SMARTS) is 1. The second-order valence-corrected chi connectivity index (χ2v) is 5.98. The monoisotopic (exact) mass is 259 g/mol. The van der Waals surface area contributed by atoms with Gasteiger partial charge in [-0.05, 0) is 25.9 Å². The standard InChI is InChI=1S/C12H23NO3.C2H6/c1-11(2,8-14)7-12(3,4)9(10(15)16)13(5)6;1-2/h8-9H,7H2,1-6H3,(H,15,16);1-2H3. The molecule has 0 aromatic rings. The first-order valence-corrected chi connectivity index (χ1v) is 6.39. The summed E-state index contributed by atoms with van der Waals surface area (Å²) in [6.07, 6.45) is 1.43. The van der Waals surface area contributed by atoms with E-state index in [1.54, 1.807) is 19.0 Å². The molecule has 0 rings (SSSR count). The molecule has 0 aromatic heterocycles. The van der Waals surface area contributed by atoms with E-state index < -0.39 is 22.8 Å². The number of carbonyl (C=O) groups is 2. The molecule has 108 valence electrons. The van der Waals surface area contributed by atoms with Crippen molar-refractivity contribution in [3.63, 3.8) is 0 Å². The minimum Gasteiger partial charge on any atom is -0.480 e. The second-order valence-electron chi connectivity index (χ2n) is 5.98. The van der Waals surface area contributed by atoms with Crippen molar-refractivity contribution in [2.75, 3.05) is 14.1 Å². The summed E-state index contributed by atoms with van der Waals surface area (Å²) in [4.78, 5) is 23.8. The lowest BCUT2D eigenvalue weighted by Crippen LogP contribution is -2.48. The van der Waals surface area contributed by atoms with E-state index >= 15 is 0 Å². The van der Waals surface area contributed by atoms with Gasteiger partial charge in [-0.25, -0.2) is 0 Å². The van der Waals surface area contributed by atoms with Gasteiger partial charge < -0.3 is 9.90 Å². The molecular formula is C14H29NO3. The number of hydrogen-bond donors (Lipinski definition) is 1. The maximum atomic E-state index is 11.2. The Morgan fingerprint density at radius 2 is 1.61 bits per heavy atom. The van der Waals surface area contributed by atoms with Crippen molar-refractivity contribution in [1.82, 2.24) is 4.90 Å². The van der Waals surface area contributed by atoms with Crippen LogP contribution in [0.3, 0.4) is 0 Å². The highest BCUT2D eigenvalue weighted by Gasteiger charge is 2.40. The van der Waals surface area contributed by atoms with Crippen molar-refractivity contribution < 1.29 is 14.7 Å². The van der Waals surface area contributed by atoms with E-state index in [0.717, 1.165) is 6.29 Å². The molecule has 0 aromatic carbocycles. The molecule has 1 atom stereocenters. The van der Waals surface area contributed by atoms with Gasteiger partial charge in [0, 0.05) is 5.41 Å². The van der Waals surface area contributed by atoms with Crippen LogP contribution >= 0.6 is 0 Å². The highest BCUT2D eigenvalue weighted by Crippen LogP contribution is 2.36. The van der Waals surface area contributed by atoms with Crippen LogP contribution in [0.15, 0.2) is 0 Å². The number of aldehydes is 1. The van der Waals surface area contributed by atoms with E-state index in [-0.39, 0.29) is 0 Å². The number of nitrogens with zero attached hydrogens (tertiary/aromatic N) is 1. The molecule has 0 fully saturated rings. The molecule has 0 spiro atoms. The van der Waals surface area contributed by atoms with Crippen molar-refractivity contribution >= 4 is 12.3 Å². The smallest absolute Gasteiger partial charge is 0.321 e. The number of likely N-dealkylation sites (N-methyl/N-ethyl adjacent to an activating group) is 1. The first-order chi connectivity index (χ1) is 8.03. The Morgan fingerprint density at radius 1 is 1.22 bits per heavy atom. The van der Waals surface area contributed by atoms with Crippen molar-refractivity contribution in [2.24, 2.45) is 10.8 Å². The van der Waals surface area contributed by atoms with Crippen LogP contribution in [0.1, 0.15) is 48.0 Å². The lowest BCUT2D eigenvalue weighted by molar-refractivity contribution is -0.148. The van der Waals surface area contributed by atoms with Crippen LogP contribution in [0.4, 0.5) is 0 Å². The number of aliphatic carboxylic acids is 1. The summed E-state index contributed by atoms with van der Waals surface area (Å²) in [7, 11) is 3.49. The molecule has 1 N–H and O–H groups in total. The zero-order valence-electron chi connectivity index (χ0n) is 13.1. The van der Waals surface area contributed by atoms with Crippen LogP contribution in [0.2, 0.25) is 0 Å². The quantitative estimate of drug-likeness (QED) is 0.745. The van der Waals surface area contributed by atoms with Crippen LogP contribution in [0.5, 0.6) is 0 Å². The summed E-state index contributed by atoms with van der Waals surface area (Å²) in [6.45, 7) is 11.4. The predicted molar refractivity (Wildman–Crippen MR) is 74.7 cm³/mol. The molecule has 0 saturated heterocycles. The molecule has 0 saturated carbocycles. The number of carbonyl (C=O) groups excluding carboxylic acids is 1. The third-order valence-corrected chi connectivity index (χ3v) is 2.72. The zero-order valence-corrected chi connectivity index (χ0v) is 13.1.